The SMILES string of the molecule is O=C1C(c2ccccc2)CCN1c1ccc(Br)c(F)c1. The summed E-state index contributed by atoms with van der Waals surface area (Å²) in [7, 11) is 0. The van der Waals surface area contributed by atoms with Gasteiger partial charge in [0.15, 0.2) is 0 Å². The normalized spacial score (nSPS) is 18.6. The predicted octanol–water partition coefficient (Wildman–Crippen LogP) is 4.11. The summed E-state index contributed by atoms with van der Waals surface area (Å²) in [6.45, 7) is 0.624. The van der Waals surface area contributed by atoms with E-state index >= 15 is 0 Å². The van der Waals surface area contributed by atoms with Gasteiger partial charge in [0.2, 0.25) is 5.91 Å². The van der Waals surface area contributed by atoms with E-state index < -0.39 is 0 Å². The van der Waals surface area contributed by atoms with E-state index in [-0.39, 0.29) is 17.6 Å². The van der Waals surface area contributed by atoms with E-state index in [0.29, 0.717) is 16.7 Å². The van der Waals surface area contributed by atoms with Crippen molar-refractivity contribution in [3.05, 3.63) is 64.4 Å². The highest BCUT2D eigenvalue weighted by Gasteiger charge is 2.33. The van der Waals surface area contributed by atoms with Gasteiger partial charge in [-0.1, -0.05) is 30.3 Å². The maximum atomic E-state index is 13.6. The first-order valence-corrected chi connectivity index (χ1v) is 7.27. The van der Waals surface area contributed by atoms with Crippen LogP contribution in [0, 0.1) is 5.82 Å². The summed E-state index contributed by atoms with van der Waals surface area (Å²) in [5.41, 5.74) is 1.65. The van der Waals surface area contributed by atoms with E-state index in [9.17, 15) is 9.18 Å². The number of anilines is 1. The molecule has 20 heavy (non-hydrogen) atoms. The lowest BCUT2D eigenvalue weighted by Crippen LogP contribution is -2.26. The molecular formula is C16H13BrFNO. The fourth-order valence-electron chi connectivity index (χ4n) is 2.58. The number of carbonyl (C=O) groups is 1. The first-order chi connectivity index (χ1) is 9.66. The molecule has 0 spiro atoms. The third-order valence-corrected chi connectivity index (χ3v) is 4.27. The summed E-state index contributed by atoms with van der Waals surface area (Å²) >= 11 is 3.12. The van der Waals surface area contributed by atoms with Gasteiger partial charge in [0.25, 0.3) is 0 Å². The lowest BCUT2D eigenvalue weighted by Gasteiger charge is -2.17. The Morgan fingerprint density at radius 2 is 1.90 bits per heavy atom. The third kappa shape index (κ3) is 2.36. The quantitative estimate of drug-likeness (QED) is 0.809. The topological polar surface area (TPSA) is 20.3 Å². The Morgan fingerprint density at radius 3 is 2.60 bits per heavy atom. The molecule has 1 aliphatic heterocycles. The average Bonchev–Trinajstić information content (AvgIpc) is 2.85. The summed E-state index contributed by atoms with van der Waals surface area (Å²) in [6.07, 6.45) is 0.764. The van der Waals surface area contributed by atoms with Gasteiger partial charge in [0.05, 0.1) is 10.4 Å². The zero-order valence-electron chi connectivity index (χ0n) is 10.7. The number of rotatable bonds is 2. The minimum Gasteiger partial charge on any atom is -0.312 e. The standard InChI is InChI=1S/C16H13BrFNO/c17-14-7-6-12(10-15(14)18)19-9-8-13(16(19)20)11-4-2-1-3-5-11/h1-7,10,13H,8-9H2. The largest absolute Gasteiger partial charge is 0.312 e. The summed E-state index contributed by atoms with van der Waals surface area (Å²) < 4.78 is 14.0. The molecule has 0 saturated carbocycles. The Hall–Kier alpha value is -1.68. The lowest BCUT2D eigenvalue weighted by atomic mass is 9.98. The van der Waals surface area contributed by atoms with Crippen molar-refractivity contribution >= 4 is 27.5 Å². The van der Waals surface area contributed by atoms with E-state index in [0.717, 1.165) is 12.0 Å². The van der Waals surface area contributed by atoms with Gasteiger partial charge in [-0.05, 0) is 46.1 Å². The number of hydrogen-bond donors (Lipinski definition) is 0. The van der Waals surface area contributed by atoms with Crippen LogP contribution < -0.4 is 4.90 Å². The van der Waals surface area contributed by atoms with Crippen LogP contribution in [0.3, 0.4) is 0 Å². The zero-order valence-corrected chi connectivity index (χ0v) is 12.3. The maximum Gasteiger partial charge on any atom is 0.234 e. The monoisotopic (exact) mass is 333 g/mol. The van der Waals surface area contributed by atoms with Crippen molar-refractivity contribution < 1.29 is 9.18 Å². The molecule has 2 nitrogen and oxygen atoms in total. The highest BCUT2D eigenvalue weighted by molar-refractivity contribution is 9.10. The van der Waals surface area contributed by atoms with Crippen molar-refractivity contribution in [3.8, 4) is 0 Å². The van der Waals surface area contributed by atoms with Crippen LogP contribution in [0.15, 0.2) is 53.0 Å². The Balaban J connectivity index is 1.87. The molecule has 1 unspecified atom stereocenters. The molecule has 3 rings (SSSR count). The minimum atomic E-state index is -0.349. The smallest absolute Gasteiger partial charge is 0.234 e. The molecule has 1 atom stereocenters. The van der Waals surface area contributed by atoms with Crippen molar-refractivity contribution in [2.75, 3.05) is 11.4 Å². The number of halogens is 2. The molecule has 0 aliphatic carbocycles. The molecule has 102 valence electrons. The van der Waals surface area contributed by atoms with Gasteiger partial charge in [-0.25, -0.2) is 4.39 Å². The zero-order chi connectivity index (χ0) is 14.1. The van der Waals surface area contributed by atoms with Crippen LogP contribution in [0.5, 0.6) is 0 Å². The molecule has 1 fully saturated rings. The molecule has 2 aromatic carbocycles. The molecule has 0 N–H and O–H groups in total. The van der Waals surface area contributed by atoms with E-state index in [1.807, 2.05) is 30.3 Å². The molecule has 4 heteroatoms. The molecule has 2 aromatic rings. The first kappa shape index (κ1) is 13.3. The van der Waals surface area contributed by atoms with Crippen LogP contribution in [0.2, 0.25) is 0 Å². The third-order valence-electron chi connectivity index (χ3n) is 3.62. The predicted molar refractivity (Wildman–Crippen MR) is 80.3 cm³/mol. The summed E-state index contributed by atoms with van der Waals surface area (Å²) in [4.78, 5) is 14.2. The second kappa shape index (κ2) is 5.37. The highest BCUT2D eigenvalue weighted by Crippen LogP contribution is 2.33. The van der Waals surface area contributed by atoms with Gasteiger partial charge in [-0.3, -0.25) is 4.79 Å². The van der Waals surface area contributed by atoms with Crippen LogP contribution in [-0.2, 0) is 4.79 Å². The number of hydrogen-bond acceptors (Lipinski definition) is 1. The second-order valence-corrected chi connectivity index (χ2v) is 5.69. The molecule has 1 aliphatic rings. The molecule has 1 saturated heterocycles. The van der Waals surface area contributed by atoms with Crippen molar-refractivity contribution in [3.63, 3.8) is 0 Å². The van der Waals surface area contributed by atoms with Crippen LogP contribution in [0.4, 0.5) is 10.1 Å². The summed E-state index contributed by atoms with van der Waals surface area (Å²) in [5.74, 6) is -0.431. The summed E-state index contributed by atoms with van der Waals surface area (Å²) in [5, 5.41) is 0. The number of benzene rings is 2. The fourth-order valence-corrected chi connectivity index (χ4v) is 2.83. The van der Waals surface area contributed by atoms with Crippen molar-refractivity contribution in [2.45, 2.75) is 12.3 Å². The number of carbonyl (C=O) groups excluding carboxylic acids is 1. The Labute approximate surface area is 125 Å². The van der Waals surface area contributed by atoms with Gasteiger partial charge >= 0.3 is 0 Å². The average molecular weight is 334 g/mol. The van der Waals surface area contributed by atoms with E-state index in [4.69, 9.17) is 0 Å². The fraction of sp³-hybridized carbons (Fsp3) is 0.188. The Bertz CT molecular complexity index is 644. The minimum absolute atomic E-state index is 0.0397. The molecular weight excluding hydrogens is 321 g/mol. The van der Waals surface area contributed by atoms with Crippen molar-refractivity contribution in [1.29, 1.82) is 0 Å². The molecule has 0 aromatic heterocycles. The molecule has 0 radical (unpaired) electrons. The first-order valence-electron chi connectivity index (χ1n) is 6.48. The maximum absolute atomic E-state index is 13.6. The van der Waals surface area contributed by atoms with Crippen LogP contribution in [0.1, 0.15) is 17.9 Å². The highest BCUT2D eigenvalue weighted by atomic mass is 79.9. The molecule has 1 heterocycles. The Morgan fingerprint density at radius 1 is 1.15 bits per heavy atom. The molecule has 1 amide bonds. The van der Waals surface area contributed by atoms with E-state index in [1.54, 1.807) is 17.0 Å². The van der Waals surface area contributed by atoms with Crippen LogP contribution >= 0.6 is 15.9 Å². The number of nitrogens with zero attached hydrogens (tertiary/aromatic N) is 1. The van der Waals surface area contributed by atoms with Gasteiger partial charge < -0.3 is 4.90 Å². The van der Waals surface area contributed by atoms with Gasteiger partial charge in [-0.2, -0.15) is 0 Å². The van der Waals surface area contributed by atoms with Crippen molar-refractivity contribution in [1.82, 2.24) is 0 Å². The van der Waals surface area contributed by atoms with Gasteiger partial charge in [0.1, 0.15) is 5.82 Å². The molecule has 0 bridgehead atoms. The lowest BCUT2D eigenvalue weighted by molar-refractivity contribution is -0.118. The number of amides is 1. The second-order valence-electron chi connectivity index (χ2n) is 4.84. The van der Waals surface area contributed by atoms with Gasteiger partial charge in [0, 0.05) is 12.2 Å². The van der Waals surface area contributed by atoms with Gasteiger partial charge in [-0.15, -0.1) is 0 Å². The van der Waals surface area contributed by atoms with Crippen LogP contribution in [0.25, 0.3) is 0 Å². The summed E-state index contributed by atoms with van der Waals surface area (Å²) in [6, 6.07) is 14.5. The van der Waals surface area contributed by atoms with Crippen LogP contribution in [-0.4, -0.2) is 12.5 Å². The van der Waals surface area contributed by atoms with E-state index in [2.05, 4.69) is 15.9 Å². The van der Waals surface area contributed by atoms with Crippen molar-refractivity contribution in [2.24, 2.45) is 0 Å². The van der Waals surface area contributed by atoms with E-state index in [1.165, 1.54) is 6.07 Å². The Kier molecular flexibility index (Phi) is 3.57.